The molecular formula is C20H22O3. The number of ether oxygens (including phenoxy) is 1. The van der Waals surface area contributed by atoms with Crippen LogP contribution in [0.15, 0.2) is 54.6 Å². The van der Waals surface area contributed by atoms with Crippen LogP contribution in [-0.2, 0) is 9.53 Å². The molecule has 0 aromatic heterocycles. The van der Waals surface area contributed by atoms with E-state index in [1.165, 1.54) is 0 Å². The predicted molar refractivity (Wildman–Crippen MR) is 90.6 cm³/mol. The van der Waals surface area contributed by atoms with Crippen molar-refractivity contribution in [2.75, 3.05) is 0 Å². The van der Waals surface area contributed by atoms with Crippen molar-refractivity contribution in [1.29, 1.82) is 0 Å². The molecule has 1 atom stereocenters. The molecule has 0 amide bonds. The predicted octanol–water partition coefficient (Wildman–Crippen LogP) is 4.36. The third kappa shape index (κ3) is 4.52. The highest BCUT2D eigenvalue weighted by Gasteiger charge is 2.23. The lowest BCUT2D eigenvalue weighted by Gasteiger charge is -2.22. The lowest BCUT2D eigenvalue weighted by molar-refractivity contribution is -0.156. The van der Waals surface area contributed by atoms with Crippen molar-refractivity contribution in [3.8, 4) is 0 Å². The number of ketones is 1. The summed E-state index contributed by atoms with van der Waals surface area (Å²) in [6.07, 6.45) is 0. The minimum Gasteiger partial charge on any atom is -0.460 e. The fourth-order valence-electron chi connectivity index (χ4n) is 2.23. The lowest BCUT2D eigenvalue weighted by atomic mass is 9.95. The summed E-state index contributed by atoms with van der Waals surface area (Å²) in [5.74, 6) is -0.761. The van der Waals surface area contributed by atoms with E-state index in [-0.39, 0.29) is 11.8 Å². The zero-order valence-electron chi connectivity index (χ0n) is 14.0. The molecule has 120 valence electrons. The van der Waals surface area contributed by atoms with E-state index in [9.17, 15) is 9.59 Å². The average molecular weight is 310 g/mol. The molecule has 2 aromatic carbocycles. The van der Waals surface area contributed by atoms with Gasteiger partial charge in [-0.2, -0.15) is 0 Å². The highest BCUT2D eigenvalue weighted by atomic mass is 16.6. The van der Waals surface area contributed by atoms with Crippen LogP contribution in [0.25, 0.3) is 0 Å². The van der Waals surface area contributed by atoms with E-state index in [2.05, 4.69) is 0 Å². The summed E-state index contributed by atoms with van der Waals surface area (Å²) in [7, 11) is 0. The summed E-state index contributed by atoms with van der Waals surface area (Å²) in [6.45, 7) is 7.31. The average Bonchev–Trinajstić information content (AvgIpc) is 2.52. The minimum atomic E-state index is -0.525. The second-order valence-corrected chi connectivity index (χ2v) is 6.58. The Balaban J connectivity index is 2.23. The summed E-state index contributed by atoms with van der Waals surface area (Å²) >= 11 is 0. The highest BCUT2D eigenvalue weighted by molar-refractivity contribution is 6.09. The van der Waals surface area contributed by atoms with Crippen molar-refractivity contribution in [2.45, 2.75) is 39.2 Å². The molecule has 23 heavy (non-hydrogen) atoms. The van der Waals surface area contributed by atoms with Crippen molar-refractivity contribution < 1.29 is 14.3 Å². The second-order valence-electron chi connectivity index (χ2n) is 6.58. The maximum Gasteiger partial charge on any atom is 0.313 e. The first-order chi connectivity index (χ1) is 10.8. The van der Waals surface area contributed by atoms with E-state index in [4.69, 9.17) is 4.74 Å². The van der Waals surface area contributed by atoms with Crippen LogP contribution < -0.4 is 0 Å². The Morgan fingerprint density at radius 3 is 2.13 bits per heavy atom. The Morgan fingerprint density at radius 2 is 1.52 bits per heavy atom. The molecule has 0 aliphatic rings. The lowest BCUT2D eigenvalue weighted by Crippen LogP contribution is -2.26. The van der Waals surface area contributed by atoms with Gasteiger partial charge in [0, 0.05) is 11.1 Å². The molecule has 0 saturated heterocycles. The van der Waals surface area contributed by atoms with Gasteiger partial charge in [0.2, 0.25) is 0 Å². The zero-order chi connectivity index (χ0) is 17.0. The fraction of sp³-hybridized carbons (Fsp3) is 0.300. The van der Waals surface area contributed by atoms with Crippen molar-refractivity contribution in [2.24, 2.45) is 0 Å². The van der Waals surface area contributed by atoms with Gasteiger partial charge < -0.3 is 4.74 Å². The third-order valence-electron chi connectivity index (χ3n) is 3.45. The maximum atomic E-state index is 12.5. The molecule has 0 heterocycles. The maximum absolute atomic E-state index is 12.5. The van der Waals surface area contributed by atoms with Gasteiger partial charge in [0.25, 0.3) is 0 Å². The van der Waals surface area contributed by atoms with Crippen LogP contribution in [0.4, 0.5) is 0 Å². The molecule has 0 aliphatic carbocycles. The molecule has 0 N–H and O–H groups in total. The molecular weight excluding hydrogens is 288 g/mol. The van der Waals surface area contributed by atoms with Gasteiger partial charge in [-0.1, -0.05) is 48.5 Å². The number of carbonyl (C=O) groups excluding carboxylic acids is 2. The SMILES string of the molecule is C[C@H](C(=O)OC(C)(C)C)c1cccc(C(=O)c2ccccc2)c1. The van der Waals surface area contributed by atoms with Crippen LogP contribution in [-0.4, -0.2) is 17.4 Å². The zero-order valence-corrected chi connectivity index (χ0v) is 14.0. The van der Waals surface area contributed by atoms with E-state index < -0.39 is 11.5 Å². The van der Waals surface area contributed by atoms with E-state index in [1.54, 1.807) is 37.3 Å². The van der Waals surface area contributed by atoms with Crippen LogP contribution in [0.5, 0.6) is 0 Å². The largest absolute Gasteiger partial charge is 0.460 e. The smallest absolute Gasteiger partial charge is 0.313 e. The van der Waals surface area contributed by atoms with E-state index in [0.29, 0.717) is 11.1 Å². The Morgan fingerprint density at radius 1 is 0.913 bits per heavy atom. The van der Waals surface area contributed by atoms with Gasteiger partial charge in [-0.3, -0.25) is 9.59 Å². The molecule has 2 aromatic rings. The number of hydrogen-bond acceptors (Lipinski definition) is 3. The van der Waals surface area contributed by atoms with Gasteiger partial charge in [0.05, 0.1) is 5.92 Å². The van der Waals surface area contributed by atoms with E-state index in [0.717, 1.165) is 5.56 Å². The van der Waals surface area contributed by atoms with Crippen molar-refractivity contribution >= 4 is 11.8 Å². The number of rotatable bonds is 4. The Labute approximate surface area is 137 Å². The monoisotopic (exact) mass is 310 g/mol. The van der Waals surface area contributed by atoms with Crippen LogP contribution in [0.3, 0.4) is 0 Å². The summed E-state index contributed by atoms with van der Waals surface area (Å²) < 4.78 is 5.42. The minimum absolute atomic E-state index is 0.0520. The number of benzene rings is 2. The van der Waals surface area contributed by atoms with E-state index >= 15 is 0 Å². The molecule has 0 spiro atoms. The van der Waals surface area contributed by atoms with Crippen LogP contribution in [0.2, 0.25) is 0 Å². The number of hydrogen-bond donors (Lipinski definition) is 0. The molecule has 3 nitrogen and oxygen atoms in total. The van der Waals surface area contributed by atoms with E-state index in [1.807, 2.05) is 45.0 Å². The first-order valence-corrected chi connectivity index (χ1v) is 7.70. The van der Waals surface area contributed by atoms with Gasteiger partial charge in [0.15, 0.2) is 5.78 Å². The summed E-state index contributed by atoms with van der Waals surface area (Å²) in [6, 6.07) is 16.3. The van der Waals surface area contributed by atoms with Gasteiger partial charge in [-0.25, -0.2) is 0 Å². The summed E-state index contributed by atoms with van der Waals surface area (Å²) in [5, 5.41) is 0. The van der Waals surface area contributed by atoms with Gasteiger partial charge in [0.1, 0.15) is 5.60 Å². The number of esters is 1. The van der Waals surface area contributed by atoms with Crippen molar-refractivity contribution in [3.05, 3.63) is 71.3 Å². The molecule has 2 rings (SSSR count). The van der Waals surface area contributed by atoms with Gasteiger partial charge in [-0.15, -0.1) is 0 Å². The normalized spacial score (nSPS) is 12.5. The van der Waals surface area contributed by atoms with Crippen LogP contribution in [0.1, 0.15) is 55.1 Å². The molecule has 0 saturated carbocycles. The second kappa shape index (κ2) is 6.78. The topological polar surface area (TPSA) is 43.4 Å². The summed E-state index contributed by atoms with van der Waals surface area (Å²) in [4.78, 5) is 24.7. The third-order valence-corrected chi connectivity index (χ3v) is 3.45. The van der Waals surface area contributed by atoms with Crippen molar-refractivity contribution in [3.63, 3.8) is 0 Å². The molecule has 0 unspecified atom stereocenters. The molecule has 0 radical (unpaired) electrons. The summed E-state index contributed by atoms with van der Waals surface area (Å²) in [5.41, 5.74) is 1.46. The molecule has 3 heteroatoms. The standard InChI is InChI=1S/C20H22O3/c1-14(19(22)23-20(2,3)4)16-11-8-12-17(13-16)18(21)15-9-6-5-7-10-15/h5-14H,1-4H3/t14-/m0/s1. The molecule has 0 bridgehead atoms. The highest BCUT2D eigenvalue weighted by Crippen LogP contribution is 2.22. The molecule has 0 fully saturated rings. The number of carbonyl (C=O) groups is 2. The first kappa shape index (κ1) is 16.9. The van der Waals surface area contributed by atoms with Crippen molar-refractivity contribution in [1.82, 2.24) is 0 Å². The fourth-order valence-corrected chi connectivity index (χ4v) is 2.23. The Kier molecular flexibility index (Phi) is 4.99. The van der Waals surface area contributed by atoms with Gasteiger partial charge in [-0.05, 0) is 39.3 Å². The first-order valence-electron chi connectivity index (χ1n) is 7.70. The molecule has 0 aliphatic heterocycles. The Hall–Kier alpha value is -2.42. The van der Waals surface area contributed by atoms with Gasteiger partial charge >= 0.3 is 5.97 Å². The van der Waals surface area contributed by atoms with Crippen LogP contribution >= 0.6 is 0 Å². The van der Waals surface area contributed by atoms with Crippen LogP contribution in [0, 0.1) is 0 Å². The quantitative estimate of drug-likeness (QED) is 0.622. The Bertz CT molecular complexity index is 696.